The molecule has 0 spiro atoms. The van der Waals surface area contributed by atoms with E-state index in [2.05, 4.69) is 27.3 Å². The Balaban J connectivity index is 1.78. The molecule has 1 saturated carbocycles. The molecule has 2 amide bonds. The lowest BCUT2D eigenvalue weighted by Gasteiger charge is -2.10. The molecule has 0 aromatic heterocycles. The first kappa shape index (κ1) is 25.5. The number of aliphatic imine (C=N–C) groups is 2. The van der Waals surface area contributed by atoms with Gasteiger partial charge in [0.25, 0.3) is 5.91 Å². The summed E-state index contributed by atoms with van der Waals surface area (Å²) in [5, 5.41) is 6.29. The maximum Gasteiger partial charge on any atom is 0.258 e. The monoisotopic (exact) mass is 544 g/mol. The van der Waals surface area contributed by atoms with Gasteiger partial charge in [-0.1, -0.05) is 34.8 Å². The van der Waals surface area contributed by atoms with Crippen LogP contribution in [0.15, 0.2) is 58.3 Å². The Morgan fingerprint density at radius 3 is 2.36 bits per heavy atom. The second kappa shape index (κ2) is 10.5. The highest BCUT2D eigenvalue weighted by atomic mass is 35.5. The smallest absolute Gasteiger partial charge is 0.258 e. The second-order valence-electron chi connectivity index (χ2n) is 7.09. The van der Waals surface area contributed by atoms with Gasteiger partial charge in [0.1, 0.15) is 10.2 Å². The molecule has 6 nitrogen and oxygen atoms in total. The minimum absolute atomic E-state index is 0.120. The first-order valence-corrected chi connectivity index (χ1v) is 11.3. The number of nitrogens with zero attached hydrogens (tertiary/aromatic N) is 2. The average molecular weight is 547 g/mol. The molecular weight excluding hydrogens is 530 g/mol. The fourth-order valence-electron chi connectivity index (χ4n) is 3.28. The van der Waals surface area contributed by atoms with Crippen molar-refractivity contribution in [3.8, 4) is 0 Å². The first-order chi connectivity index (χ1) is 15.6. The van der Waals surface area contributed by atoms with Gasteiger partial charge in [0.05, 0.1) is 16.5 Å². The lowest BCUT2D eigenvalue weighted by atomic mass is 10.1. The predicted molar refractivity (Wildman–Crippen MR) is 137 cm³/mol. The summed E-state index contributed by atoms with van der Waals surface area (Å²) in [5.41, 5.74) is 1.11. The Labute approximate surface area is 215 Å². The lowest BCUT2D eigenvalue weighted by molar-refractivity contribution is -0.117. The maximum absolute atomic E-state index is 12.9. The van der Waals surface area contributed by atoms with E-state index in [9.17, 15) is 9.59 Å². The van der Waals surface area contributed by atoms with Crippen LogP contribution in [0.5, 0.6) is 0 Å². The molecule has 1 fully saturated rings. The number of rotatable bonds is 7. The van der Waals surface area contributed by atoms with Crippen LogP contribution in [0.1, 0.15) is 21.8 Å². The van der Waals surface area contributed by atoms with E-state index >= 15 is 0 Å². The fraction of sp³-hybridized carbons (Fsp3) is 0.182. The molecular formula is C22H17Cl5N4O2. The Morgan fingerprint density at radius 2 is 1.76 bits per heavy atom. The highest BCUT2D eigenvalue weighted by Gasteiger charge is 2.67. The number of nitrogens with one attached hydrogen (secondary N) is 2. The summed E-state index contributed by atoms with van der Waals surface area (Å²) in [7, 11) is 1.57. The van der Waals surface area contributed by atoms with Gasteiger partial charge in [-0.05, 0) is 54.8 Å². The molecule has 1 aliphatic carbocycles. The molecule has 2 N–H and O–H groups in total. The Bertz CT molecular complexity index is 1160. The van der Waals surface area contributed by atoms with E-state index in [0.29, 0.717) is 21.3 Å². The Morgan fingerprint density at radius 1 is 1.09 bits per heavy atom. The van der Waals surface area contributed by atoms with Crippen LogP contribution in [-0.2, 0) is 4.79 Å². The molecule has 3 rings (SSSR count). The quantitative estimate of drug-likeness (QED) is 0.323. The molecule has 0 saturated heterocycles. The van der Waals surface area contributed by atoms with Crippen molar-refractivity contribution in [2.24, 2.45) is 15.9 Å². The molecule has 0 heterocycles. The van der Waals surface area contributed by atoms with Crippen LogP contribution in [0.25, 0.3) is 0 Å². The normalized spacial score (nSPS) is 19.3. The average Bonchev–Trinajstić information content (AvgIpc) is 3.33. The highest BCUT2D eigenvalue weighted by Crippen LogP contribution is 2.65. The number of benzene rings is 2. The van der Waals surface area contributed by atoms with Crippen molar-refractivity contribution >= 4 is 88.4 Å². The van der Waals surface area contributed by atoms with Crippen LogP contribution in [0.3, 0.4) is 0 Å². The van der Waals surface area contributed by atoms with Crippen molar-refractivity contribution in [1.29, 1.82) is 0 Å². The number of alkyl halides is 2. The molecule has 2 aromatic rings. The van der Waals surface area contributed by atoms with Gasteiger partial charge in [-0.15, -0.1) is 23.2 Å². The lowest BCUT2D eigenvalue weighted by Crippen LogP contribution is -2.23. The molecule has 0 aliphatic heterocycles. The molecule has 2 atom stereocenters. The number of halogens is 5. The van der Waals surface area contributed by atoms with Gasteiger partial charge in [0.2, 0.25) is 5.91 Å². The molecule has 2 unspecified atom stereocenters. The first-order valence-electron chi connectivity index (χ1n) is 9.43. The van der Waals surface area contributed by atoms with E-state index in [1.54, 1.807) is 31.3 Å². The summed E-state index contributed by atoms with van der Waals surface area (Å²) in [5.74, 6) is -2.04. The molecule has 33 heavy (non-hydrogen) atoms. The number of hydrogen-bond acceptors (Lipinski definition) is 4. The largest absolute Gasteiger partial charge is 0.326 e. The van der Waals surface area contributed by atoms with Crippen LogP contribution in [-0.4, -0.2) is 36.1 Å². The maximum atomic E-state index is 12.9. The topological polar surface area (TPSA) is 82.9 Å². The summed E-state index contributed by atoms with van der Waals surface area (Å²) in [6, 6.07) is 9.38. The van der Waals surface area contributed by atoms with Gasteiger partial charge >= 0.3 is 0 Å². The molecule has 0 radical (unpaired) electrons. The van der Waals surface area contributed by atoms with Gasteiger partial charge in [0, 0.05) is 34.9 Å². The SMILES string of the molecule is C=N/C(=C\C=NC)NC(=O)c1cc(NC(=O)C2C(c3cc(Cl)cc(Cl)c3)C2(Cl)Cl)ccc1Cl. The highest BCUT2D eigenvalue weighted by molar-refractivity contribution is 6.53. The third-order valence-electron chi connectivity index (χ3n) is 4.85. The predicted octanol–water partition coefficient (Wildman–Crippen LogP) is 6.15. The number of hydrogen-bond donors (Lipinski definition) is 2. The summed E-state index contributed by atoms with van der Waals surface area (Å²) >= 11 is 31.1. The zero-order chi connectivity index (χ0) is 24.3. The van der Waals surface area contributed by atoms with Crippen molar-refractivity contribution in [3.63, 3.8) is 0 Å². The van der Waals surface area contributed by atoms with Crippen molar-refractivity contribution in [1.82, 2.24) is 5.32 Å². The van der Waals surface area contributed by atoms with E-state index in [4.69, 9.17) is 58.0 Å². The third-order valence-corrected chi connectivity index (χ3v) is 6.56. The minimum Gasteiger partial charge on any atom is -0.326 e. The van der Waals surface area contributed by atoms with Crippen LogP contribution in [0.2, 0.25) is 15.1 Å². The van der Waals surface area contributed by atoms with E-state index in [0.717, 1.165) is 0 Å². The number of amides is 2. The van der Waals surface area contributed by atoms with Gasteiger partial charge in [-0.2, -0.15) is 0 Å². The summed E-state index contributed by atoms with van der Waals surface area (Å²) in [6.07, 6.45) is 2.92. The van der Waals surface area contributed by atoms with Crippen LogP contribution in [0.4, 0.5) is 5.69 Å². The zero-order valence-electron chi connectivity index (χ0n) is 17.1. The van der Waals surface area contributed by atoms with Crippen molar-refractivity contribution in [2.45, 2.75) is 10.3 Å². The van der Waals surface area contributed by atoms with Gasteiger partial charge in [-0.3, -0.25) is 14.6 Å². The molecule has 0 bridgehead atoms. The van der Waals surface area contributed by atoms with E-state index < -0.39 is 28.0 Å². The van der Waals surface area contributed by atoms with Crippen LogP contribution < -0.4 is 10.6 Å². The number of anilines is 1. The van der Waals surface area contributed by atoms with E-state index in [1.807, 2.05) is 0 Å². The van der Waals surface area contributed by atoms with Gasteiger partial charge < -0.3 is 10.6 Å². The van der Waals surface area contributed by atoms with E-state index in [-0.39, 0.29) is 16.4 Å². The zero-order valence-corrected chi connectivity index (χ0v) is 20.9. The Kier molecular flexibility index (Phi) is 8.08. The van der Waals surface area contributed by atoms with E-state index in [1.165, 1.54) is 24.4 Å². The molecule has 11 heteroatoms. The number of allylic oxidation sites excluding steroid dienone is 1. The van der Waals surface area contributed by atoms with Crippen molar-refractivity contribution in [3.05, 3.63) is 74.5 Å². The number of carbonyl (C=O) groups is 2. The summed E-state index contributed by atoms with van der Waals surface area (Å²) < 4.78 is -1.33. The second-order valence-corrected chi connectivity index (χ2v) is 9.81. The summed E-state index contributed by atoms with van der Waals surface area (Å²) in [4.78, 5) is 33.1. The standard InChI is InChI=1S/C22H17Cl5N4O2/c1-28-6-5-17(29-2)31-20(32)15-10-14(3-4-16(15)25)30-21(33)19-18(22(19,26)27)11-7-12(23)9-13(24)8-11/h3-10,18-19H,2H2,1H3,(H,30,33)(H,31,32)/b17-5+,28-6?. The number of carbonyl (C=O) groups excluding carboxylic acids is 2. The van der Waals surface area contributed by atoms with Crippen LogP contribution in [0, 0.1) is 5.92 Å². The van der Waals surface area contributed by atoms with Crippen molar-refractivity contribution < 1.29 is 9.59 Å². The molecule has 1 aliphatic rings. The van der Waals surface area contributed by atoms with Crippen LogP contribution >= 0.6 is 58.0 Å². The van der Waals surface area contributed by atoms with Gasteiger partial charge in [0.15, 0.2) is 0 Å². The molecule has 172 valence electrons. The van der Waals surface area contributed by atoms with Crippen molar-refractivity contribution in [2.75, 3.05) is 12.4 Å². The fourth-order valence-corrected chi connectivity index (χ4v) is 4.86. The summed E-state index contributed by atoms with van der Waals surface area (Å²) in [6.45, 7) is 3.40. The Hall–Kier alpha value is -2.09. The molecule has 2 aromatic carbocycles. The third kappa shape index (κ3) is 5.89. The minimum atomic E-state index is -1.33. The van der Waals surface area contributed by atoms with Gasteiger partial charge in [-0.25, -0.2) is 4.99 Å².